The zero-order valence-corrected chi connectivity index (χ0v) is 21.9. The molecule has 8 nitrogen and oxygen atoms in total. The topological polar surface area (TPSA) is 104 Å². The van der Waals surface area contributed by atoms with Gasteiger partial charge in [0.05, 0.1) is 15.7 Å². The monoisotopic (exact) mass is 569 g/mol. The van der Waals surface area contributed by atoms with Crippen molar-refractivity contribution < 1.29 is 21.6 Å². The molecule has 0 radical (unpaired) electrons. The number of carbonyl (C=O) groups excluding carboxylic acids is 1. The number of carbonyl (C=O) groups is 1. The summed E-state index contributed by atoms with van der Waals surface area (Å²) in [6.45, 7) is 1.87. The third-order valence-corrected chi connectivity index (χ3v) is 10.6. The molecule has 0 spiro atoms. The third kappa shape index (κ3) is 5.54. The molecule has 11 heteroatoms. The van der Waals surface area contributed by atoms with Crippen LogP contribution in [0.3, 0.4) is 0 Å². The van der Waals surface area contributed by atoms with Gasteiger partial charge in [-0.15, -0.1) is 0 Å². The summed E-state index contributed by atoms with van der Waals surface area (Å²) in [6.07, 6.45) is 2.99. The quantitative estimate of drug-likeness (QED) is 0.552. The van der Waals surface area contributed by atoms with Gasteiger partial charge < -0.3 is 5.32 Å². The average Bonchev–Trinajstić information content (AvgIpc) is 3.39. The molecule has 0 bridgehead atoms. The maximum Gasteiger partial charge on any atom is 0.243 e. The largest absolute Gasteiger partial charge is 0.352 e. The summed E-state index contributed by atoms with van der Waals surface area (Å²) in [4.78, 5) is 13.2. The Kier molecular flexibility index (Phi) is 7.78. The number of benzene rings is 2. The molecule has 2 aromatic carbocycles. The smallest absolute Gasteiger partial charge is 0.243 e. The number of hydrogen-bond donors (Lipinski definition) is 1. The number of rotatable bonds is 7. The standard InChI is InChI=1S/C23H28BrN3O5S2/c24-20-7-11-22(12-8-20)34(31,32)27-15-3-4-19(17-27)23(28)25-16-18-5-9-21(10-6-18)33(29,30)26-13-1-2-14-26/h5-12,19H,1-4,13-17H2,(H,25,28)/t19-/m0/s1. The van der Waals surface area contributed by atoms with Crippen molar-refractivity contribution in [3.05, 3.63) is 58.6 Å². The van der Waals surface area contributed by atoms with Crippen molar-refractivity contribution >= 4 is 41.9 Å². The third-order valence-electron chi connectivity index (χ3n) is 6.30. The Morgan fingerprint density at radius 3 is 1.97 bits per heavy atom. The molecule has 1 atom stereocenters. The van der Waals surface area contributed by atoms with E-state index in [-0.39, 0.29) is 28.8 Å². The van der Waals surface area contributed by atoms with Gasteiger partial charge in [-0.25, -0.2) is 16.8 Å². The predicted molar refractivity (Wildman–Crippen MR) is 132 cm³/mol. The molecule has 0 saturated carbocycles. The molecular formula is C23H28BrN3O5S2. The normalized spacial score (nSPS) is 20.3. The van der Waals surface area contributed by atoms with E-state index in [0.29, 0.717) is 32.5 Å². The van der Waals surface area contributed by atoms with Crippen molar-refractivity contribution in [2.24, 2.45) is 5.92 Å². The highest BCUT2D eigenvalue weighted by Crippen LogP contribution is 2.25. The van der Waals surface area contributed by atoms with Crippen molar-refractivity contribution in [3.63, 3.8) is 0 Å². The Balaban J connectivity index is 1.35. The van der Waals surface area contributed by atoms with Crippen LogP contribution in [0.15, 0.2) is 62.8 Å². The predicted octanol–water partition coefficient (Wildman–Crippen LogP) is 2.95. The van der Waals surface area contributed by atoms with Crippen LogP contribution in [-0.2, 0) is 31.4 Å². The lowest BCUT2D eigenvalue weighted by Gasteiger charge is -2.31. The van der Waals surface area contributed by atoms with Gasteiger partial charge in [0.2, 0.25) is 26.0 Å². The Labute approximate surface area is 209 Å². The zero-order chi connectivity index (χ0) is 24.3. The molecule has 0 aromatic heterocycles. The van der Waals surface area contributed by atoms with E-state index in [9.17, 15) is 21.6 Å². The van der Waals surface area contributed by atoms with Gasteiger partial charge in [0.15, 0.2) is 0 Å². The van der Waals surface area contributed by atoms with Crippen LogP contribution in [0.4, 0.5) is 0 Å². The Morgan fingerprint density at radius 2 is 1.35 bits per heavy atom. The van der Waals surface area contributed by atoms with Crippen molar-refractivity contribution in [2.75, 3.05) is 26.2 Å². The summed E-state index contributed by atoms with van der Waals surface area (Å²) in [5.74, 6) is -0.640. The van der Waals surface area contributed by atoms with E-state index in [4.69, 9.17) is 0 Å². The number of sulfonamides is 2. The highest BCUT2D eigenvalue weighted by molar-refractivity contribution is 9.10. The molecular weight excluding hydrogens is 542 g/mol. The fourth-order valence-electron chi connectivity index (χ4n) is 4.32. The molecule has 184 valence electrons. The number of nitrogens with zero attached hydrogens (tertiary/aromatic N) is 2. The van der Waals surface area contributed by atoms with Crippen LogP contribution in [0.1, 0.15) is 31.2 Å². The Bertz CT molecular complexity index is 1230. The van der Waals surface area contributed by atoms with Gasteiger partial charge in [-0.1, -0.05) is 28.1 Å². The van der Waals surface area contributed by atoms with Crippen molar-refractivity contribution in [2.45, 2.75) is 42.0 Å². The summed E-state index contributed by atoms with van der Waals surface area (Å²) in [6, 6.07) is 13.0. The number of piperidine rings is 1. The van der Waals surface area contributed by atoms with Crippen LogP contribution in [0.25, 0.3) is 0 Å². The van der Waals surface area contributed by atoms with Crippen LogP contribution in [0.5, 0.6) is 0 Å². The van der Waals surface area contributed by atoms with Gasteiger partial charge in [-0.05, 0) is 67.6 Å². The SMILES string of the molecule is O=C(NCc1ccc(S(=O)(=O)N2CCCC2)cc1)[C@H]1CCCN(S(=O)(=O)c2ccc(Br)cc2)C1. The molecule has 1 N–H and O–H groups in total. The first-order valence-corrected chi connectivity index (χ1v) is 15.0. The summed E-state index contributed by atoms with van der Waals surface area (Å²) in [5, 5.41) is 2.87. The van der Waals surface area contributed by atoms with Crippen molar-refractivity contribution in [3.8, 4) is 0 Å². The lowest BCUT2D eigenvalue weighted by Crippen LogP contribution is -2.45. The second kappa shape index (κ2) is 10.4. The molecule has 0 aliphatic carbocycles. The van der Waals surface area contributed by atoms with Gasteiger partial charge in [0.1, 0.15) is 0 Å². The van der Waals surface area contributed by atoms with E-state index in [0.717, 1.165) is 22.9 Å². The zero-order valence-electron chi connectivity index (χ0n) is 18.7. The Morgan fingerprint density at radius 1 is 0.824 bits per heavy atom. The number of nitrogens with one attached hydrogen (secondary N) is 1. The first-order chi connectivity index (χ1) is 16.2. The van der Waals surface area contributed by atoms with Gasteiger partial charge >= 0.3 is 0 Å². The minimum Gasteiger partial charge on any atom is -0.352 e. The van der Waals surface area contributed by atoms with Crippen LogP contribution in [-0.4, -0.2) is 57.5 Å². The molecule has 2 heterocycles. The molecule has 2 aromatic rings. The van der Waals surface area contributed by atoms with Crippen molar-refractivity contribution in [1.82, 2.24) is 13.9 Å². The molecule has 2 fully saturated rings. The van der Waals surface area contributed by atoms with E-state index >= 15 is 0 Å². The maximum atomic E-state index is 13.0. The summed E-state index contributed by atoms with van der Waals surface area (Å²) in [5.41, 5.74) is 0.781. The van der Waals surface area contributed by atoms with E-state index in [1.54, 1.807) is 48.5 Å². The van der Waals surface area contributed by atoms with Gasteiger partial charge in [-0.2, -0.15) is 8.61 Å². The van der Waals surface area contributed by atoms with Gasteiger partial charge in [0.25, 0.3) is 0 Å². The van der Waals surface area contributed by atoms with E-state index < -0.39 is 26.0 Å². The Hall–Kier alpha value is -1.79. The van der Waals surface area contributed by atoms with Crippen LogP contribution >= 0.6 is 15.9 Å². The first-order valence-electron chi connectivity index (χ1n) is 11.3. The van der Waals surface area contributed by atoms with Gasteiger partial charge in [0, 0.05) is 37.2 Å². The first kappa shape index (κ1) is 25.3. The minimum atomic E-state index is -3.67. The fraction of sp³-hybridized carbons (Fsp3) is 0.435. The second-order valence-electron chi connectivity index (χ2n) is 8.63. The number of halogens is 1. The highest BCUT2D eigenvalue weighted by Gasteiger charge is 2.33. The molecule has 4 rings (SSSR count). The average molecular weight is 571 g/mol. The molecule has 0 unspecified atom stereocenters. The summed E-state index contributed by atoms with van der Waals surface area (Å²) in [7, 11) is -7.14. The maximum absolute atomic E-state index is 13.0. The molecule has 2 aliphatic rings. The summed E-state index contributed by atoms with van der Waals surface area (Å²) >= 11 is 3.31. The van der Waals surface area contributed by atoms with Crippen LogP contribution in [0.2, 0.25) is 0 Å². The second-order valence-corrected chi connectivity index (χ2v) is 13.4. The van der Waals surface area contributed by atoms with E-state index in [1.165, 1.54) is 8.61 Å². The lowest BCUT2D eigenvalue weighted by molar-refractivity contribution is -0.126. The molecule has 34 heavy (non-hydrogen) atoms. The number of amides is 1. The molecule has 2 aliphatic heterocycles. The minimum absolute atomic E-state index is 0.136. The van der Waals surface area contributed by atoms with Crippen LogP contribution < -0.4 is 5.32 Å². The van der Waals surface area contributed by atoms with E-state index in [2.05, 4.69) is 21.2 Å². The molecule has 2 saturated heterocycles. The highest BCUT2D eigenvalue weighted by atomic mass is 79.9. The lowest BCUT2D eigenvalue weighted by atomic mass is 9.99. The fourth-order valence-corrected chi connectivity index (χ4v) is 7.63. The van der Waals surface area contributed by atoms with E-state index in [1.807, 2.05) is 0 Å². The van der Waals surface area contributed by atoms with Crippen molar-refractivity contribution in [1.29, 1.82) is 0 Å². The van der Waals surface area contributed by atoms with Crippen LogP contribution in [0, 0.1) is 5.92 Å². The summed E-state index contributed by atoms with van der Waals surface area (Å²) < 4.78 is 54.9. The molecule has 1 amide bonds. The number of hydrogen-bond acceptors (Lipinski definition) is 5. The van der Waals surface area contributed by atoms with Gasteiger partial charge in [-0.3, -0.25) is 4.79 Å².